The largest absolute Gasteiger partial charge is 0.317 e. The zero-order chi connectivity index (χ0) is 8.65. The van der Waals surface area contributed by atoms with Gasteiger partial charge in [0.05, 0.1) is 0 Å². The van der Waals surface area contributed by atoms with E-state index in [9.17, 15) is 0 Å². The second kappa shape index (κ2) is 6.47. The highest BCUT2D eigenvalue weighted by Gasteiger charge is 2.11. The smallest absolute Gasteiger partial charge is 0.00484 e. The highest BCUT2D eigenvalue weighted by Crippen LogP contribution is 2.26. The average Bonchev–Trinajstić information content (AvgIpc) is 2.14. The molecule has 1 fully saturated rings. The van der Waals surface area contributed by atoms with Crippen LogP contribution in [0.1, 0.15) is 44.9 Å². The summed E-state index contributed by atoms with van der Waals surface area (Å²) in [6.45, 7) is 5.81. The Bertz CT molecular complexity index is 95.2. The molecule has 1 aliphatic carbocycles. The Kier molecular flexibility index (Phi) is 5.42. The molecule has 1 radical (unpaired) electrons. The molecule has 1 rings (SSSR count). The molecule has 0 aromatic rings. The van der Waals surface area contributed by atoms with Crippen molar-refractivity contribution in [2.75, 3.05) is 13.1 Å². The first-order chi connectivity index (χ1) is 5.93. The van der Waals surface area contributed by atoms with Crippen molar-refractivity contribution < 1.29 is 0 Å². The normalized spacial score (nSPS) is 19.8. The lowest BCUT2D eigenvalue weighted by Crippen LogP contribution is -2.16. The van der Waals surface area contributed by atoms with E-state index in [2.05, 4.69) is 12.2 Å². The van der Waals surface area contributed by atoms with Crippen molar-refractivity contribution in [1.82, 2.24) is 5.32 Å². The van der Waals surface area contributed by atoms with Gasteiger partial charge in [0.25, 0.3) is 0 Å². The van der Waals surface area contributed by atoms with E-state index in [0.717, 1.165) is 12.5 Å². The molecule has 0 unspecified atom stereocenters. The van der Waals surface area contributed by atoms with Crippen molar-refractivity contribution >= 4 is 0 Å². The van der Waals surface area contributed by atoms with Crippen LogP contribution in [0.15, 0.2) is 0 Å². The van der Waals surface area contributed by atoms with Crippen molar-refractivity contribution in [3.05, 3.63) is 6.92 Å². The third-order valence-corrected chi connectivity index (χ3v) is 2.87. The average molecular weight is 168 g/mol. The Hall–Kier alpha value is -0.0400. The maximum atomic E-state index is 3.76. The molecule has 1 heteroatoms. The second-order valence-electron chi connectivity index (χ2n) is 3.90. The summed E-state index contributed by atoms with van der Waals surface area (Å²) in [6, 6.07) is 0. The first-order valence-electron chi connectivity index (χ1n) is 5.43. The van der Waals surface area contributed by atoms with Crippen molar-refractivity contribution in [3.8, 4) is 0 Å². The molecule has 0 atom stereocenters. The molecule has 12 heavy (non-hydrogen) atoms. The summed E-state index contributed by atoms with van der Waals surface area (Å²) in [5.74, 6) is 1.05. The van der Waals surface area contributed by atoms with E-state index in [-0.39, 0.29) is 0 Å². The third kappa shape index (κ3) is 4.10. The van der Waals surface area contributed by atoms with Crippen LogP contribution in [0.5, 0.6) is 0 Å². The molecular formula is C11H22N. The molecular weight excluding hydrogens is 146 g/mol. The molecule has 0 spiro atoms. The van der Waals surface area contributed by atoms with Crippen LogP contribution in [0.2, 0.25) is 0 Å². The van der Waals surface area contributed by atoms with Gasteiger partial charge in [-0.1, -0.05) is 32.1 Å². The van der Waals surface area contributed by atoms with Crippen LogP contribution in [-0.4, -0.2) is 13.1 Å². The maximum absolute atomic E-state index is 3.76. The minimum atomic E-state index is 0.880. The van der Waals surface area contributed by atoms with Gasteiger partial charge in [-0.15, -0.1) is 0 Å². The Morgan fingerprint density at radius 2 is 1.92 bits per heavy atom. The van der Waals surface area contributed by atoms with Crippen molar-refractivity contribution in [2.24, 2.45) is 5.92 Å². The standard InChI is InChI=1S/C11H22N/c1-2-12-10-6-9-11-7-4-3-5-8-11/h11-12H,1-10H2. The maximum Gasteiger partial charge on any atom is -0.00484 e. The molecule has 1 nitrogen and oxygen atoms in total. The monoisotopic (exact) mass is 168 g/mol. The molecule has 0 amide bonds. The molecule has 0 saturated heterocycles. The van der Waals surface area contributed by atoms with Crippen LogP contribution in [0, 0.1) is 12.8 Å². The molecule has 0 aromatic carbocycles. The fraction of sp³-hybridized carbons (Fsp3) is 0.909. The van der Waals surface area contributed by atoms with Crippen LogP contribution < -0.4 is 5.32 Å². The zero-order valence-electron chi connectivity index (χ0n) is 8.15. The Labute approximate surface area is 76.9 Å². The van der Waals surface area contributed by atoms with E-state index in [1.807, 2.05) is 0 Å². The van der Waals surface area contributed by atoms with Gasteiger partial charge in [0.1, 0.15) is 0 Å². The van der Waals surface area contributed by atoms with E-state index in [1.54, 1.807) is 0 Å². The summed E-state index contributed by atoms with van der Waals surface area (Å²) in [6.07, 6.45) is 10.2. The minimum absolute atomic E-state index is 0.880. The SMILES string of the molecule is [CH2]CNCCCC1CCCCC1. The van der Waals surface area contributed by atoms with E-state index in [4.69, 9.17) is 0 Å². The Balaban J connectivity index is 1.91. The van der Waals surface area contributed by atoms with Crippen molar-refractivity contribution in [1.29, 1.82) is 0 Å². The second-order valence-corrected chi connectivity index (χ2v) is 3.90. The van der Waals surface area contributed by atoms with Gasteiger partial charge in [0, 0.05) is 0 Å². The van der Waals surface area contributed by atoms with Gasteiger partial charge in [0.15, 0.2) is 0 Å². The summed E-state index contributed by atoms with van der Waals surface area (Å²) in [7, 11) is 0. The Morgan fingerprint density at radius 1 is 1.17 bits per heavy atom. The predicted octanol–water partition coefficient (Wildman–Crippen LogP) is 2.77. The summed E-state index contributed by atoms with van der Waals surface area (Å²) >= 11 is 0. The number of hydrogen-bond donors (Lipinski definition) is 1. The van der Waals surface area contributed by atoms with Gasteiger partial charge in [-0.3, -0.25) is 0 Å². The first kappa shape index (κ1) is 10.0. The lowest BCUT2D eigenvalue weighted by molar-refractivity contribution is 0.331. The Morgan fingerprint density at radius 3 is 2.58 bits per heavy atom. The van der Waals surface area contributed by atoms with Gasteiger partial charge in [0.2, 0.25) is 0 Å². The van der Waals surface area contributed by atoms with Crippen LogP contribution in [0.4, 0.5) is 0 Å². The van der Waals surface area contributed by atoms with Gasteiger partial charge in [-0.05, 0) is 38.8 Å². The topological polar surface area (TPSA) is 12.0 Å². The quantitative estimate of drug-likeness (QED) is 0.622. The van der Waals surface area contributed by atoms with Gasteiger partial charge < -0.3 is 5.32 Å². The summed E-state index contributed by atoms with van der Waals surface area (Å²) in [4.78, 5) is 0. The van der Waals surface area contributed by atoms with Gasteiger partial charge in [-0.25, -0.2) is 0 Å². The fourth-order valence-corrected chi connectivity index (χ4v) is 2.12. The number of hydrogen-bond acceptors (Lipinski definition) is 1. The molecule has 71 valence electrons. The molecule has 0 aliphatic heterocycles. The number of rotatable bonds is 5. The zero-order valence-corrected chi connectivity index (χ0v) is 8.15. The van der Waals surface area contributed by atoms with Gasteiger partial charge >= 0.3 is 0 Å². The highest BCUT2D eigenvalue weighted by molar-refractivity contribution is 4.66. The number of nitrogens with one attached hydrogen (secondary N) is 1. The molecule has 0 bridgehead atoms. The summed E-state index contributed by atoms with van der Waals surface area (Å²) in [5, 5.41) is 3.28. The van der Waals surface area contributed by atoms with Crippen molar-refractivity contribution in [2.45, 2.75) is 44.9 Å². The van der Waals surface area contributed by atoms with Crippen LogP contribution in [-0.2, 0) is 0 Å². The van der Waals surface area contributed by atoms with E-state index in [1.165, 1.54) is 51.5 Å². The van der Waals surface area contributed by atoms with Gasteiger partial charge in [-0.2, -0.15) is 0 Å². The highest BCUT2D eigenvalue weighted by atomic mass is 14.8. The lowest BCUT2D eigenvalue weighted by Gasteiger charge is -2.21. The molecule has 1 aliphatic rings. The molecule has 0 aromatic heterocycles. The van der Waals surface area contributed by atoms with Crippen LogP contribution >= 0.6 is 0 Å². The van der Waals surface area contributed by atoms with Crippen LogP contribution in [0.3, 0.4) is 0 Å². The third-order valence-electron chi connectivity index (χ3n) is 2.87. The molecule has 0 heterocycles. The summed E-state index contributed by atoms with van der Waals surface area (Å²) < 4.78 is 0. The van der Waals surface area contributed by atoms with Crippen LogP contribution in [0.25, 0.3) is 0 Å². The minimum Gasteiger partial charge on any atom is -0.317 e. The van der Waals surface area contributed by atoms with E-state index in [0.29, 0.717) is 0 Å². The van der Waals surface area contributed by atoms with Crippen molar-refractivity contribution in [3.63, 3.8) is 0 Å². The summed E-state index contributed by atoms with van der Waals surface area (Å²) in [5.41, 5.74) is 0. The molecule has 1 saturated carbocycles. The van der Waals surface area contributed by atoms with E-state index < -0.39 is 0 Å². The molecule has 1 N–H and O–H groups in total. The first-order valence-corrected chi connectivity index (χ1v) is 5.43. The lowest BCUT2D eigenvalue weighted by atomic mass is 9.86. The van der Waals surface area contributed by atoms with E-state index >= 15 is 0 Å². The fourth-order valence-electron chi connectivity index (χ4n) is 2.12. The predicted molar refractivity (Wildman–Crippen MR) is 54.0 cm³/mol.